The van der Waals surface area contributed by atoms with Crippen molar-refractivity contribution in [1.29, 1.82) is 0 Å². The second-order valence-electron chi connectivity index (χ2n) is 6.15. The fraction of sp³-hybridized carbons (Fsp3) is 0.688. The van der Waals surface area contributed by atoms with Crippen LogP contribution in [-0.4, -0.2) is 54.5 Å². The van der Waals surface area contributed by atoms with Gasteiger partial charge < -0.3 is 24.5 Å². The summed E-state index contributed by atoms with van der Waals surface area (Å²) in [6.45, 7) is 3.75. The van der Waals surface area contributed by atoms with Gasteiger partial charge in [-0.3, -0.25) is 9.59 Å². The monoisotopic (exact) mass is 337 g/mol. The molecule has 1 aliphatic carbocycles. The molecule has 1 saturated carbocycles. The maximum absolute atomic E-state index is 12.0. The van der Waals surface area contributed by atoms with Gasteiger partial charge in [-0.1, -0.05) is 0 Å². The lowest BCUT2D eigenvalue weighted by Crippen LogP contribution is -2.37. The van der Waals surface area contributed by atoms with E-state index in [9.17, 15) is 9.59 Å². The van der Waals surface area contributed by atoms with Gasteiger partial charge in [0.15, 0.2) is 5.82 Å². The molecule has 0 radical (unpaired) electrons. The standard InChI is InChI=1S/C16H23N3O5/c1-2-23-14(20)5-11-6-17-16(21)15(18-11)19-12-8-22-9-13(12)24-7-10-3-4-10/h6,10,12-13H,2-5,7-9H2,1H3,(H,17,21)(H,18,19)/t12-,13-/m0/s1. The fourth-order valence-corrected chi connectivity index (χ4v) is 2.55. The zero-order valence-corrected chi connectivity index (χ0v) is 13.7. The Kier molecular flexibility index (Phi) is 5.47. The molecule has 132 valence electrons. The van der Waals surface area contributed by atoms with Gasteiger partial charge in [0.05, 0.1) is 38.0 Å². The molecule has 1 aromatic heterocycles. The Morgan fingerprint density at radius 2 is 2.29 bits per heavy atom. The minimum absolute atomic E-state index is 0.0159. The molecule has 2 aliphatic rings. The van der Waals surface area contributed by atoms with Crippen LogP contribution < -0.4 is 10.9 Å². The van der Waals surface area contributed by atoms with Crippen LogP contribution >= 0.6 is 0 Å². The van der Waals surface area contributed by atoms with E-state index in [1.54, 1.807) is 6.92 Å². The number of aromatic amines is 1. The van der Waals surface area contributed by atoms with E-state index in [1.165, 1.54) is 19.0 Å². The Bertz CT molecular complexity index is 628. The van der Waals surface area contributed by atoms with Gasteiger partial charge in [0.2, 0.25) is 0 Å². The molecule has 1 saturated heterocycles. The van der Waals surface area contributed by atoms with E-state index in [1.807, 2.05) is 0 Å². The van der Waals surface area contributed by atoms with E-state index >= 15 is 0 Å². The highest BCUT2D eigenvalue weighted by Crippen LogP contribution is 2.30. The molecule has 2 heterocycles. The summed E-state index contributed by atoms with van der Waals surface area (Å²) in [7, 11) is 0. The molecule has 0 amide bonds. The Labute approximate surface area is 139 Å². The Hall–Kier alpha value is -1.93. The second kappa shape index (κ2) is 7.76. The van der Waals surface area contributed by atoms with Crippen LogP contribution in [0.5, 0.6) is 0 Å². The van der Waals surface area contributed by atoms with Gasteiger partial charge in [0.25, 0.3) is 5.56 Å². The van der Waals surface area contributed by atoms with E-state index in [-0.39, 0.29) is 35.9 Å². The van der Waals surface area contributed by atoms with Crippen molar-refractivity contribution in [3.63, 3.8) is 0 Å². The lowest BCUT2D eigenvalue weighted by Gasteiger charge is -2.19. The molecule has 0 bridgehead atoms. The Morgan fingerprint density at radius 3 is 3.04 bits per heavy atom. The minimum Gasteiger partial charge on any atom is -0.466 e. The van der Waals surface area contributed by atoms with Gasteiger partial charge in [-0.2, -0.15) is 0 Å². The number of anilines is 1. The van der Waals surface area contributed by atoms with Gasteiger partial charge in [-0.05, 0) is 25.7 Å². The van der Waals surface area contributed by atoms with Crippen molar-refractivity contribution in [3.8, 4) is 0 Å². The number of nitrogens with one attached hydrogen (secondary N) is 2. The van der Waals surface area contributed by atoms with Crippen molar-refractivity contribution in [2.75, 3.05) is 31.7 Å². The zero-order chi connectivity index (χ0) is 16.9. The number of esters is 1. The summed E-state index contributed by atoms with van der Waals surface area (Å²) in [4.78, 5) is 30.3. The average Bonchev–Trinajstić information content (AvgIpc) is 3.28. The summed E-state index contributed by atoms with van der Waals surface area (Å²) >= 11 is 0. The number of hydrogen-bond acceptors (Lipinski definition) is 7. The number of ether oxygens (including phenoxy) is 3. The third-order valence-corrected chi connectivity index (χ3v) is 4.06. The van der Waals surface area contributed by atoms with E-state index < -0.39 is 0 Å². The van der Waals surface area contributed by atoms with Gasteiger partial charge in [-0.15, -0.1) is 0 Å². The predicted molar refractivity (Wildman–Crippen MR) is 85.9 cm³/mol. The minimum atomic E-state index is -0.377. The lowest BCUT2D eigenvalue weighted by molar-refractivity contribution is -0.142. The predicted octanol–water partition coefficient (Wildman–Crippen LogP) is 0.481. The molecule has 8 nitrogen and oxygen atoms in total. The van der Waals surface area contributed by atoms with Gasteiger partial charge in [0.1, 0.15) is 6.10 Å². The number of H-pyrrole nitrogens is 1. The number of hydrogen-bond donors (Lipinski definition) is 2. The number of carbonyl (C=O) groups excluding carboxylic acids is 1. The quantitative estimate of drug-likeness (QED) is 0.665. The molecule has 0 aromatic carbocycles. The molecule has 3 rings (SSSR count). The summed E-state index contributed by atoms with van der Waals surface area (Å²) in [6.07, 6.45) is 3.80. The van der Waals surface area contributed by atoms with Crippen LogP contribution in [0.2, 0.25) is 0 Å². The van der Waals surface area contributed by atoms with Crippen molar-refractivity contribution >= 4 is 11.8 Å². The van der Waals surface area contributed by atoms with Crippen LogP contribution in [0.1, 0.15) is 25.5 Å². The van der Waals surface area contributed by atoms with Crippen LogP contribution in [0.25, 0.3) is 0 Å². The van der Waals surface area contributed by atoms with Crippen molar-refractivity contribution in [2.24, 2.45) is 5.92 Å². The highest BCUT2D eigenvalue weighted by atomic mass is 16.5. The Balaban J connectivity index is 1.62. The van der Waals surface area contributed by atoms with Crippen LogP contribution in [-0.2, 0) is 25.4 Å². The molecule has 1 aliphatic heterocycles. The van der Waals surface area contributed by atoms with Crippen molar-refractivity contribution < 1.29 is 19.0 Å². The molecule has 8 heteroatoms. The second-order valence-corrected chi connectivity index (χ2v) is 6.15. The van der Waals surface area contributed by atoms with Crippen LogP contribution in [0.4, 0.5) is 5.82 Å². The van der Waals surface area contributed by atoms with Gasteiger partial charge >= 0.3 is 5.97 Å². The third kappa shape index (κ3) is 4.55. The number of aromatic nitrogens is 2. The summed E-state index contributed by atoms with van der Waals surface area (Å²) in [5.41, 5.74) is 0.111. The summed E-state index contributed by atoms with van der Waals surface area (Å²) in [5.74, 6) is 0.464. The first-order chi connectivity index (χ1) is 11.7. The summed E-state index contributed by atoms with van der Waals surface area (Å²) in [5, 5.41) is 3.09. The highest BCUT2D eigenvalue weighted by molar-refractivity contribution is 5.71. The number of carbonyl (C=O) groups is 1. The van der Waals surface area contributed by atoms with E-state index in [2.05, 4.69) is 15.3 Å². The topological polar surface area (TPSA) is 103 Å². The largest absolute Gasteiger partial charge is 0.466 e. The molecule has 24 heavy (non-hydrogen) atoms. The average molecular weight is 337 g/mol. The summed E-state index contributed by atoms with van der Waals surface area (Å²) in [6, 6.07) is -0.129. The maximum Gasteiger partial charge on any atom is 0.311 e. The first-order valence-corrected chi connectivity index (χ1v) is 8.35. The fourth-order valence-electron chi connectivity index (χ4n) is 2.55. The normalized spacial score (nSPS) is 23.2. The van der Waals surface area contributed by atoms with Crippen LogP contribution in [0.15, 0.2) is 11.0 Å². The van der Waals surface area contributed by atoms with E-state index in [0.717, 1.165) is 6.61 Å². The first-order valence-electron chi connectivity index (χ1n) is 8.35. The highest BCUT2D eigenvalue weighted by Gasteiger charge is 2.32. The molecule has 0 spiro atoms. The van der Waals surface area contributed by atoms with Gasteiger partial charge in [-0.25, -0.2) is 4.98 Å². The SMILES string of the molecule is CCOC(=O)Cc1c[nH]c(=O)c(N[C@H]2COC[C@@H]2OCC2CC2)n1. The lowest BCUT2D eigenvalue weighted by atomic mass is 10.2. The molecular formula is C16H23N3O5. The van der Waals surface area contributed by atoms with Crippen molar-refractivity contribution in [1.82, 2.24) is 9.97 Å². The molecule has 2 fully saturated rings. The summed E-state index contributed by atoms with van der Waals surface area (Å²) < 4.78 is 16.2. The molecule has 2 atom stereocenters. The molecule has 0 unspecified atom stereocenters. The number of nitrogens with zero attached hydrogens (tertiary/aromatic N) is 1. The first kappa shape index (κ1) is 16.9. The van der Waals surface area contributed by atoms with Crippen molar-refractivity contribution in [3.05, 3.63) is 22.2 Å². The Morgan fingerprint density at radius 1 is 1.46 bits per heavy atom. The van der Waals surface area contributed by atoms with Crippen LogP contribution in [0, 0.1) is 5.92 Å². The van der Waals surface area contributed by atoms with Crippen LogP contribution in [0.3, 0.4) is 0 Å². The molecular weight excluding hydrogens is 314 g/mol. The third-order valence-electron chi connectivity index (χ3n) is 4.06. The maximum atomic E-state index is 12.0. The smallest absolute Gasteiger partial charge is 0.311 e. The van der Waals surface area contributed by atoms with E-state index in [4.69, 9.17) is 14.2 Å². The van der Waals surface area contributed by atoms with Gasteiger partial charge in [0, 0.05) is 12.8 Å². The van der Waals surface area contributed by atoms with Crippen molar-refractivity contribution in [2.45, 2.75) is 38.3 Å². The molecule has 1 aromatic rings. The number of rotatable bonds is 8. The zero-order valence-electron chi connectivity index (χ0n) is 13.7. The molecule has 2 N–H and O–H groups in total. The van der Waals surface area contributed by atoms with E-state index in [0.29, 0.717) is 31.4 Å².